The first-order valence-electron chi connectivity index (χ1n) is 13.1. The molecular weight excluding hydrogens is 580 g/mol. The fourth-order valence-corrected chi connectivity index (χ4v) is 4.76. The molecule has 1 aromatic heterocycles. The molecule has 3 aromatic carbocycles. The highest BCUT2D eigenvalue weighted by molar-refractivity contribution is 7.81. The predicted molar refractivity (Wildman–Crippen MR) is 164 cm³/mol. The molecule has 2 N–H and O–H groups in total. The Kier molecular flexibility index (Phi) is 10.7. The van der Waals surface area contributed by atoms with Crippen LogP contribution in [0.2, 0.25) is 5.02 Å². The van der Waals surface area contributed by atoms with E-state index in [4.69, 9.17) is 16.3 Å². The average molecular weight is 610 g/mol. The van der Waals surface area contributed by atoms with E-state index in [9.17, 15) is 13.6 Å². The van der Waals surface area contributed by atoms with Crippen molar-refractivity contribution < 1.29 is 18.3 Å². The molecule has 1 amide bonds. The molecule has 14 heteroatoms. The smallest absolute Gasteiger partial charge is 0.360 e. The van der Waals surface area contributed by atoms with E-state index in [0.29, 0.717) is 40.6 Å². The van der Waals surface area contributed by atoms with Gasteiger partial charge in [0.2, 0.25) is 10.0 Å². The molecule has 0 aliphatic heterocycles. The summed E-state index contributed by atoms with van der Waals surface area (Å²) in [4.78, 5) is 27.9. The summed E-state index contributed by atoms with van der Waals surface area (Å²) in [7, 11) is 1.53. The number of aromatic nitrogens is 2. The molecule has 0 spiro atoms. The molecule has 0 aliphatic carbocycles. The summed E-state index contributed by atoms with van der Waals surface area (Å²) < 4.78 is 29.6. The van der Waals surface area contributed by atoms with E-state index in [1.807, 2.05) is 0 Å². The maximum absolute atomic E-state index is 12.8. The van der Waals surface area contributed by atoms with Crippen LogP contribution in [0.3, 0.4) is 0 Å². The summed E-state index contributed by atoms with van der Waals surface area (Å²) in [5, 5.41) is 11.1. The first-order chi connectivity index (χ1) is 20.3. The number of fused-ring (bicyclic) bond motifs is 1. The largest absolute Gasteiger partial charge is 0.497 e. The molecule has 0 aliphatic rings. The van der Waals surface area contributed by atoms with Crippen molar-refractivity contribution in [1.82, 2.24) is 19.8 Å². The summed E-state index contributed by atoms with van der Waals surface area (Å²) in [6, 6.07) is 18.2. The summed E-state index contributed by atoms with van der Waals surface area (Å²) >= 11 is 3.80. The van der Waals surface area contributed by atoms with Gasteiger partial charge in [-0.3, -0.25) is 9.35 Å². The topological polar surface area (TPSA) is 147 Å². The van der Waals surface area contributed by atoms with Crippen LogP contribution in [0.15, 0.2) is 77.0 Å². The number of anilines is 4. The lowest BCUT2D eigenvalue weighted by molar-refractivity contribution is 0.0992. The molecule has 1 unspecified atom stereocenters. The molecule has 218 valence electrons. The molecule has 0 fully saturated rings. The maximum Gasteiger partial charge on any atom is 0.360 e. The highest BCUT2D eigenvalue weighted by atomic mass is 35.5. The van der Waals surface area contributed by atoms with Gasteiger partial charge in [0, 0.05) is 12.6 Å². The molecule has 1 heterocycles. The molecule has 4 rings (SSSR count). The monoisotopic (exact) mass is 609 g/mol. The minimum atomic E-state index is -2.62. The second kappa shape index (κ2) is 14.6. The second-order valence-electron chi connectivity index (χ2n) is 8.82. The third-order valence-electron chi connectivity index (χ3n) is 6.26. The number of carbonyl (C=O) groups is 1. The number of ether oxygens (including phenoxy) is 1. The van der Waals surface area contributed by atoms with Gasteiger partial charge in [-0.2, -0.15) is 0 Å². The minimum Gasteiger partial charge on any atom is -0.497 e. The van der Waals surface area contributed by atoms with Crippen LogP contribution < -0.4 is 19.3 Å². The molecule has 1 atom stereocenters. The van der Waals surface area contributed by atoms with Crippen molar-refractivity contribution in [3.63, 3.8) is 0 Å². The normalized spacial score (nSPS) is 11.6. The first-order valence-corrected chi connectivity index (χ1v) is 14.5. The van der Waals surface area contributed by atoms with Crippen molar-refractivity contribution in [3.05, 3.63) is 77.3 Å². The number of likely N-dealkylation sites (N-methyl/N-ethyl adjacent to an activating group) is 1. The fraction of sp³-hybridized carbons (Fsp3) is 0.250. The molecule has 0 saturated carbocycles. The van der Waals surface area contributed by atoms with Gasteiger partial charge in [0.1, 0.15) is 17.4 Å². The SMILES string of the molecule is CCN(CC)CCN=[N+]=NC(=O)c1cccc(N(c2nc3ccccc3nc2Nc2cc(OC)ccc2Cl)S(=O)O)c1. The number of carbonyl (C=O) groups excluding carboxylic acids is 1. The van der Waals surface area contributed by atoms with Gasteiger partial charge in [0.25, 0.3) is 11.3 Å². The summed E-state index contributed by atoms with van der Waals surface area (Å²) in [5.41, 5.74) is 1.81. The van der Waals surface area contributed by atoms with Gasteiger partial charge in [0.05, 0.1) is 40.1 Å². The van der Waals surface area contributed by atoms with E-state index in [0.717, 1.165) is 17.4 Å². The Morgan fingerprint density at radius 2 is 1.81 bits per heavy atom. The number of rotatable bonds is 12. The fourth-order valence-electron chi connectivity index (χ4n) is 4.02. The molecule has 4 aromatic rings. The lowest BCUT2D eigenvalue weighted by atomic mass is 10.2. The van der Waals surface area contributed by atoms with Crippen LogP contribution >= 0.6 is 11.6 Å². The van der Waals surface area contributed by atoms with Crippen molar-refractivity contribution >= 4 is 62.8 Å². The van der Waals surface area contributed by atoms with Crippen LogP contribution in [0.1, 0.15) is 24.2 Å². The van der Waals surface area contributed by atoms with Gasteiger partial charge in [-0.1, -0.05) is 43.6 Å². The number of halogens is 1. The molecule has 0 saturated heterocycles. The van der Waals surface area contributed by atoms with E-state index in [2.05, 4.69) is 49.2 Å². The quantitative estimate of drug-likeness (QED) is 0.117. The lowest BCUT2D eigenvalue weighted by Gasteiger charge is -2.22. The van der Waals surface area contributed by atoms with Gasteiger partial charge >= 0.3 is 5.91 Å². The third-order valence-corrected chi connectivity index (χ3v) is 7.29. The van der Waals surface area contributed by atoms with Crippen LogP contribution in [0.5, 0.6) is 5.75 Å². The number of nitrogens with zero attached hydrogens (tertiary/aromatic N) is 7. The third kappa shape index (κ3) is 7.52. The van der Waals surface area contributed by atoms with Crippen molar-refractivity contribution in [2.45, 2.75) is 13.8 Å². The van der Waals surface area contributed by atoms with Crippen LogP contribution in [0.4, 0.5) is 23.0 Å². The van der Waals surface area contributed by atoms with Crippen LogP contribution in [0, 0.1) is 0 Å². The Balaban J connectivity index is 1.71. The van der Waals surface area contributed by atoms with Gasteiger partial charge < -0.3 is 15.0 Å². The zero-order chi connectivity index (χ0) is 30.1. The minimum absolute atomic E-state index is 0.0195. The van der Waals surface area contributed by atoms with Crippen molar-refractivity contribution in [2.24, 2.45) is 10.2 Å². The number of amides is 1. The lowest BCUT2D eigenvalue weighted by Crippen LogP contribution is -2.25. The summed E-state index contributed by atoms with van der Waals surface area (Å²) in [6.07, 6.45) is 0. The zero-order valence-corrected chi connectivity index (χ0v) is 24.8. The summed E-state index contributed by atoms with van der Waals surface area (Å²) in [6.45, 7) is 7.01. The van der Waals surface area contributed by atoms with Gasteiger partial charge in [-0.15, -0.1) is 0 Å². The van der Waals surface area contributed by atoms with E-state index >= 15 is 0 Å². The number of benzene rings is 3. The Morgan fingerprint density at radius 3 is 2.50 bits per heavy atom. The molecular formula is C28H30ClN8O4S+. The van der Waals surface area contributed by atoms with Crippen molar-refractivity contribution in [1.29, 1.82) is 0 Å². The Bertz CT molecular complexity index is 1660. The number of para-hydroxylation sites is 2. The number of methoxy groups -OCH3 is 1. The number of hydrogen-bond donors (Lipinski definition) is 2. The second-order valence-corrected chi connectivity index (χ2v) is 10.1. The predicted octanol–water partition coefficient (Wildman–Crippen LogP) is 5.76. The summed E-state index contributed by atoms with van der Waals surface area (Å²) in [5.74, 6) is 0.0545. The zero-order valence-electron chi connectivity index (χ0n) is 23.3. The standard InChI is InChI=1S/C28H29ClN8O4S/c1-4-36(5-2)16-15-30-35-34-28(38)19-9-8-10-20(17-19)37(42(39)40)27-26(31-23-11-6-7-12-24(23)33-27)32-25-18-21(41-3)13-14-22(25)29/h6-14,17-18H,4-5,15-16H2,1-3H3,(H-,31,32,39,40)/p+1. The Hall–Kier alpha value is -4.26. The molecule has 0 bridgehead atoms. The molecule has 12 nitrogen and oxygen atoms in total. The average Bonchev–Trinajstić information content (AvgIpc) is 3.00. The van der Waals surface area contributed by atoms with Gasteiger partial charge in [-0.25, -0.2) is 18.5 Å². The van der Waals surface area contributed by atoms with Gasteiger partial charge in [0.15, 0.2) is 11.6 Å². The van der Waals surface area contributed by atoms with E-state index in [1.54, 1.807) is 54.6 Å². The van der Waals surface area contributed by atoms with E-state index in [1.165, 1.54) is 19.2 Å². The van der Waals surface area contributed by atoms with E-state index in [-0.39, 0.29) is 22.9 Å². The van der Waals surface area contributed by atoms with Crippen LogP contribution in [0.25, 0.3) is 11.0 Å². The number of hydrogen-bond acceptors (Lipinski definition) is 8. The van der Waals surface area contributed by atoms with Crippen LogP contribution in [-0.2, 0) is 11.3 Å². The highest BCUT2D eigenvalue weighted by Crippen LogP contribution is 2.36. The van der Waals surface area contributed by atoms with Crippen molar-refractivity contribution in [2.75, 3.05) is 42.9 Å². The highest BCUT2D eigenvalue weighted by Gasteiger charge is 2.25. The van der Waals surface area contributed by atoms with Crippen LogP contribution in [-0.4, -0.2) is 62.8 Å². The van der Waals surface area contributed by atoms with Crippen molar-refractivity contribution in [3.8, 4) is 5.75 Å². The van der Waals surface area contributed by atoms with Gasteiger partial charge in [-0.05, 0) is 55.6 Å². The Morgan fingerprint density at radius 1 is 1.07 bits per heavy atom. The Labute approximate surface area is 250 Å². The first kappa shape index (κ1) is 30.7. The molecule has 0 radical (unpaired) electrons. The number of nitrogens with one attached hydrogen (secondary N) is 1. The maximum atomic E-state index is 12.8. The van der Waals surface area contributed by atoms with E-state index < -0.39 is 17.2 Å². The molecule has 42 heavy (non-hydrogen) atoms.